The van der Waals surface area contributed by atoms with Crippen LogP contribution >= 0.6 is 0 Å². The van der Waals surface area contributed by atoms with Gasteiger partial charge in [-0.05, 0) is 49.8 Å². The highest BCUT2D eigenvalue weighted by Crippen LogP contribution is 2.37. The van der Waals surface area contributed by atoms with Gasteiger partial charge >= 0.3 is 0 Å². The normalized spacial score (nSPS) is 19.6. The van der Waals surface area contributed by atoms with Gasteiger partial charge in [0, 0.05) is 12.3 Å². The van der Waals surface area contributed by atoms with E-state index in [4.69, 9.17) is 0 Å². The number of hydrogen-bond acceptors (Lipinski definition) is 4. The number of aromatic nitrogens is 3. The third kappa shape index (κ3) is 3.38. The number of amides is 1. The Balaban J connectivity index is 1.54. The number of aliphatic imine (C=N–C) groups is 1. The molecule has 1 amide bonds. The maximum atomic E-state index is 12.5. The van der Waals surface area contributed by atoms with Crippen molar-refractivity contribution >= 4 is 17.9 Å². The van der Waals surface area contributed by atoms with Crippen molar-refractivity contribution in [3.8, 4) is 11.4 Å². The molecular formula is C19H21N5O. The lowest BCUT2D eigenvalue weighted by atomic mass is 9.99. The molecule has 0 bridgehead atoms. The second-order valence-electron chi connectivity index (χ2n) is 6.55. The van der Waals surface area contributed by atoms with E-state index in [0.29, 0.717) is 23.5 Å². The van der Waals surface area contributed by atoms with E-state index in [2.05, 4.69) is 31.8 Å². The number of nitrogens with one attached hydrogen (secondary N) is 1. The highest BCUT2D eigenvalue weighted by molar-refractivity contribution is 6.04. The number of carbonyl (C=O) groups is 1. The van der Waals surface area contributed by atoms with E-state index in [0.717, 1.165) is 24.2 Å². The molecule has 25 heavy (non-hydrogen) atoms. The average molecular weight is 335 g/mol. The summed E-state index contributed by atoms with van der Waals surface area (Å²) < 4.78 is 2.16. The van der Waals surface area contributed by atoms with E-state index in [1.807, 2.05) is 36.9 Å². The first-order valence-electron chi connectivity index (χ1n) is 8.79. The van der Waals surface area contributed by atoms with Gasteiger partial charge in [-0.15, -0.1) is 0 Å². The van der Waals surface area contributed by atoms with Crippen molar-refractivity contribution in [2.24, 2.45) is 10.9 Å². The molecule has 2 aliphatic rings. The van der Waals surface area contributed by atoms with Crippen molar-refractivity contribution in [1.29, 1.82) is 0 Å². The quantitative estimate of drug-likeness (QED) is 0.907. The number of pyridine rings is 1. The van der Waals surface area contributed by atoms with Crippen LogP contribution in [0.25, 0.3) is 11.4 Å². The third-order valence-corrected chi connectivity index (χ3v) is 4.65. The highest BCUT2D eigenvalue weighted by Gasteiger charge is 2.26. The molecule has 128 valence electrons. The van der Waals surface area contributed by atoms with Crippen LogP contribution in [0.1, 0.15) is 38.6 Å². The van der Waals surface area contributed by atoms with Crippen LogP contribution in [0.5, 0.6) is 0 Å². The lowest BCUT2D eigenvalue weighted by Crippen LogP contribution is -2.17. The van der Waals surface area contributed by atoms with Crippen LogP contribution < -0.4 is 5.32 Å². The maximum Gasteiger partial charge on any atom is 0.275 e. The molecule has 1 atom stereocenters. The second kappa shape index (κ2) is 6.63. The van der Waals surface area contributed by atoms with Gasteiger partial charge in [-0.25, -0.2) is 9.97 Å². The van der Waals surface area contributed by atoms with Crippen LogP contribution in [0.4, 0.5) is 5.82 Å². The predicted molar refractivity (Wildman–Crippen MR) is 97.3 cm³/mol. The minimum atomic E-state index is -0.213. The summed E-state index contributed by atoms with van der Waals surface area (Å²) >= 11 is 0. The van der Waals surface area contributed by atoms with Gasteiger partial charge in [-0.2, -0.15) is 0 Å². The zero-order valence-electron chi connectivity index (χ0n) is 14.2. The molecule has 0 radical (unpaired) electrons. The highest BCUT2D eigenvalue weighted by atomic mass is 16.2. The lowest BCUT2D eigenvalue weighted by Gasteiger charge is -2.14. The van der Waals surface area contributed by atoms with Crippen LogP contribution in [-0.4, -0.2) is 26.7 Å². The predicted octanol–water partition coefficient (Wildman–Crippen LogP) is 3.60. The summed E-state index contributed by atoms with van der Waals surface area (Å²) in [6, 6.07) is 6.17. The van der Waals surface area contributed by atoms with E-state index in [1.165, 1.54) is 12.8 Å². The topological polar surface area (TPSA) is 72.2 Å². The molecule has 4 rings (SSSR count). The third-order valence-electron chi connectivity index (χ3n) is 4.65. The molecule has 3 heterocycles. The molecule has 1 unspecified atom stereocenters. The number of anilines is 1. The van der Waals surface area contributed by atoms with Crippen molar-refractivity contribution in [1.82, 2.24) is 14.5 Å². The summed E-state index contributed by atoms with van der Waals surface area (Å²) in [5, 5.41) is 2.86. The maximum absolute atomic E-state index is 12.5. The summed E-state index contributed by atoms with van der Waals surface area (Å²) in [5.74, 6) is 0.695. The Hall–Kier alpha value is -2.76. The van der Waals surface area contributed by atoms with Crippen molar-refractivity contribution in [2.75, 3.05) is 5.32 Å². The van der Waals surface area contributed by atoms with Crippen molar-refractivity contribution in [3.05, 3.63) is 42.5 Å². The van der Waals surface area contributed by atoms with Gasteiger partial charge in [0.25, 0.3) is 5.91 Å². The SMILES string of the molecule is CCC1C=C(C(=O)Nc2cccc(-c3cncn3C3CC3)n2)N=CC1. The summed E-state index contributed by atoms with van der Waals surface area (Å²) in [4.78, 5) is 25.5. The zero-order chi connectivity index (χ0) is 17.2. The fourth-order valence-electron chi connectivity index (χ4n) is 3.01. The molecule has 6 heteroatoms. The van der Waals surface area contributed by atoms with Gasteiger partial charge in [0.1, 0.15) is 11.5 Å². The van der Waals surface area contributed by atoms with Gasteiger partial charge in [-0.3, -0.25) is 9.79 Å². The molecule has 0 saturated heterocycles. The van der Waals surface area contributed by atoms with E-state index >= 15 is 0 Å². The van der Waals surface area contributed by atoms with E-state index in [1.54, 1.807) is 6.07 Å². The number of carbonyl (C=O) groups excluding carboxylic acids is 1. The number of hydrogen-bond donors (Lipinski definition) is 1. The van der Waals surface area contributed by atoms with E-state index in [9.17, 15) is 4.79 Å². The second-order valence-corrected chi connectivity index (χ2v) is 6.55. The Bertz CT molecular complexity index is 847. The zero-order valence-corrected chi connectivity index (χ0v) is 14.2. The van der Waals surface area contributed by atoms with Gasteiger partial charge < -0.3 is 9.88 Å². The molecular weight excluding hydrogens is 314 g/mol. The first-order valence-corrected chi connectivity index (χ1v) is 8.79. The Morgan fingerprint density at radius 3 is 3.04 bits per heavy atom. The number of rotatable bonds is 5. The molecule has 1 N–H and O–H groups in total. The smallest absolute Gasteiger partial charge is 0.275 e. The monoisotopic (exact) mass is 335 g/mol. The number of imidazole rings is 1. The Morgan fingerprint density at radius 1 is 1.36 bits per heavy atom. The van der Waals surface area contributed by atoms with Crippen LogP contribution in [-0.2, 0) is 4.79 Å². The first-order chi connectivity index (χ1) is 12.2. The van der Waals surface area contributed by atoms with Gasteiger partial charge in [0.05, 0.1) is 23.9 Å². The molecule has 0 aromatic carbocycles. The molecule has 1 saturated carbocycles. The summed E-state index contributed by atoms with van der Waals surface area (Å²) in [6.45, 7) is 2.11. The Morgan fingerprint density at radius 2 is 2.24 bits per heavy atom. The van der Waals surface area contributed by atoms with Crippen LogP contribution in [0.3, 0.4) is 0 Å². The molecule has 1 aliphatic heterocycles. The number of nitrogens with zero attached hydrogens (tertiary/aromatic N) is 4. The summed E-state index contributed by atoms with van der Waals surface area (Å²) in [7, 11) is 0. The lowest BCUT2D eigenvalue weighted by molar-refractivity contribution is -0.112. The van der Waals surface area contributed by atoms with Crippen molar-refractivity contribution in [2.45, 2.75) is 38.6 Å². The number of allylic oxidation sites excluding steroid dienone is 1. The summed E-state index contributed by atoms with van der Waals surface area (Å²) in [6.07, 6.45) is 11.7. The Labute approximate surface area is 146 Å². The van der Waals surface area contributed by atoms with E-state index in [-0.39, 0.29) is 5.91 Å². The largest absolute Gasteiger partial charge is 0.326 e. The van der Waals surface area contributed by atoms with Crippen LogP contribution in [0.2, 0.25) is 0 Å². The summed E-state index contributed by atoms with van der Waals surface area (Å²) in [5.41, 5.74) is 2.27. The van der Waals surface area contributed by atoms with Crippen molar-refractivity contribution < 1.29 is 4.79 Å². The average Bonchev–Trinajstić information content (AvgIpc) is 3.38. The van der Waals surface area contributed by atoms with Gasteiger partial charge in [0.15, 0.2) is 0 Å². The first kappa shape index (κ1) is 15.7. The van der Waals surface area contributed by atoms with E-state index < -0.39 is 0 Å². The molecule has 1 fully saturated rings. The molecule has 0 spiro atoms. The van der Waals surface area contributed by atoms with Crippen molar-refractivity contribution in [3.63, 3.8) is 0 Å². The molecule has 1 aliphatic carbocycles. The molecule has 2 aromatic rings. The Kier molecular flexibility index (Phi) is 4.17. The fourth-order valence-corrected chi connectivity index (χ4v) is 3.01. The van der Waals surface area contributed by atoms with Gasteiger partial charge in [0.2, 0.25) is 0 Å². The minimum absolute atomic E-state index is 0.213. The van der Waals surface area contributed by atoms with Crippen LogP contribution in [0, 0.1) is 5.92 Å². The fraction of sp³-hybridized carbons (Fsp3) is 0.368. The minimum Gasteiger partial charge on any atom is -0.326 e. The van der Waals surface area contributed by atoms with Gasteiger partial charge in [-0.1, -0.05) is 13.0 Å². The molecule has 6 nitrogen and oxygen atoms in total. The standard InChI is InChI=1S/C19H21N5O/c1-2-13-8-9-21-16(10-13)19(25)23-18-5-3-4-15(22-18)17-11-20-12-24(17)14-6-7-14/h3-5,9-14H,2,6-8H2,1H3,(H,22,23,25). The van der Waals surface area contributed by atoms with Crippen LogP contribution in [0.15, 0.2) is 47.5 Å². The molecule has 2 aromatic heterocycles.